The first-order chi connectivity index (χ1) is 19.6. The molecule has 0 saturated heterocycles. The zero-order valence-electron chi connectivity index (χ0n) is 23.7. The molecule has 9 nitrogen and oxygen atoms in total. The highest BCUT2D eigenvalue weighted by Crippen LogP contribution is 2.33. The predicted molar refractivity (Wildman–Crippen MR) is 160 cm³/mol. The van der Waals surface area contributed by atoms with E-state index < -0.39 is 28.5 Å². The maximum atomic E-state index is 14.0. The van der Waals surface area contributed by atoms with E-state index in [4.69, 9.17) is 21.1 Å². The number of nitrogens with one attached hydrogen (secondary N) is 1. The molecule has 0 fully saturated rings. The maximum Gasteiger partial charge on any atom is 0.264 e. The van der Waals surface area contributed by atoms with E-state index in [1.165, 1.54) is 43.4 Å². The van der Waals surface area contributed by atoms with Crippen LogP contribution in [0.25, 0.3) is 0 Å². The first-order valence-corrected chi connectivity index (χ1v) is 15.1. The maximum absolute atomic E-state index is 14.0. The first kappa shape index (κ1) is 31.8. The number of halogens is 1. The van der Waals surface area contributed by atoms with Gasteiger partial charge >= 0.3 is 0 Å². The second-order valence-electron chi connectivity index (χ2n) is 9.29. The molecule has 2 amide bonds. The molecule has 3 aromatic carbocycles. The molecule has 1 atom stereocenters. The van der Waals surface area contributed by atoms with Gasteiger partial charge in [-0.25, -0.2) is 8.42 Å². The van der Waals surface area contributed by atoms with Crippen LogP contribution in [0, 0.1) is 0 Å². The number of amides is 2. The third kappa shape index (κ3) is 7.92. The number of para-hydroxylation sites is 2. The number of methoxy groups -OCH3 is 2. The van der Waals surface area contributed by atoms with Gasteiger partial charge in [0.25, 0.3) is 10.0 Å². The van der Waals surface area contributed by atoms with Crippen molar-refractivity contribution < 1.29 is 27.5 Å². The van der Waals surface area contributed by atoms with Gasteiger partial charge in [-0.1, -0.05) is 55.3 Å². The molecule has 0 radical (unpaired) electrons. The Morgan fingerprint density at radius 1 is 0.951 bits per heavy atom. The molecule has 3 aromatic rings. The molecule has 0 aromatic heterocycles. The fraction of sp³-hybridized carbons (Fsp3) is 0.333. The molecule has 0 saturated carbocycles. The summed E-state index contributed by atoms with van der Waals surface area (Å²) in [6, 6.07) is 18.5. The van der Waals surface area contributed by atoms with E-state index in [2.05, 4.69) is 5.32 Å². The van der Waals surface area contributed by atoms with Crippen LogP contribution >= 0.6 is 11.6 Å². The lowest BCUT2D eigenvalue weighted by atomic mass is 10.1. The highest BCUT2D eigenvalue weighted by atomic mass is 35.5. The molecule has 0 heterocycles. The lowest BCUT2D eigenvalue weighted by Gasteiger charge is -2.32. The lowest BCUT2D eigenvalue weighted by molar-refractivity contribution is -0.139. The monoisotopic (exact) mass is 601 g/mol. The van der Waals surface area contributed by atoms with Gasteiger partial charge in [-0.2, -0.15) is 0 Å². The average molecular weight is 602 g/mol. The van der Waals surface area contributed by atoms with Crippen LogP contribution in [0.4, 0.5) is 5.69 Å². The summed E-state index contributed by atoms with van der Waals surface area (Å²) in [5.41, 5.74) is 0.800. The van der Waals surface area contributed by atoms with Crippen LogP contribution in [0.15, 0.2) is 77.7 Å². The number of unbranched alkanes of at least 4 members (excludes halogenated alkanes) is 1. The summed E-state index contributed by atoms with van der Waals surface area (Å²) in [5.74, 6) is -0.190. The smallest absolute Gasteiger partial charge is 0.264 e. The van der Waals surface area contributed by atoms with Crippen molar-refractivity contribution in [2.24, 2.45) is 0 Å². The van der Waals surface area contributed by atoms with Crippen LogP contribution in [-0.2, 0) is 26.2 Å². The van der Waals surface area contributed by atoms with E-state index >= 15 is 0 Å². The van der Waals surface area contributed by atoms with Crippen molar-refractivity contribution in [3.8, 4) is 11.5 Å². The van der Waals surface area contributed by atoms with Crippen LogP contribution in [0.5, 0.6) is 11.5 Å². The van der Waals surface area contributed by atoms with Gasteiger partial charge in [-0.3, -0.25) is 13.9 Å². The number of benzene rings is 3. The number of nitrogens with zero attached hydrogens (tertiary/aromatic N) is 2. The number of rotatable bonds is 14. The highest BCUT2D eigenvalue weighted by Gasteiger charge is 2.34. The minimum atomic E-state index is -4.26. The van der Waals surface area contributed by atoms with Crippen molar-refractivity contribution in [3.63, 3.8) is 0 Å². The van der Waals surface area contributed by atoms with E-state index in [1.54, 1.807) is 55.5 Å². The summed E-state index contributed by atoms with van der Waals surface area (Å²) in [6.45, 7) is 3.50. The van der Waals surface area contributed by atoms with Crippen LogP contribution in [-0.4, -0.2) is 58.5 Å². The van der Waals surface area contributed by atoms with Gasteiger partial charge in [0.15, 0.2) is 0 Å². The molecule has 1 N–H and O–H groups in total. The van der Waals surface area contributed by atoms with Crippen molar-refractivity contribution in [1.82, 2.24) is 10.2 Å². The predicted octanol–water partition coefficient (Wildman–Crippen LogP) is 4.89. The largest absolute Gasteiger partial charge is 0.497 e. The zero-order valence-corrected chi connectivity index (χ0v) is 25.2. The van der Waals surface area contributed by atoms with E-state index in [0.717, 1.165) is 17.1 Å². The summed E-state index contributed by atoms with van der Waals surface area (Å²) in [5, 5.41) is 3.29. The van der Waals surface area contributed by atoms with Crippen molar-refractivity contribution in [2.45, 2.75) is 44.2 Å². The summed E-state index contributed by atoms with van der Waals surface area (Å²) in [7, 11) is -1.36. The Balaban J connectivity index is 2.05. The lowest BCUT2D eigenvalue weighted by Crippen LogP contribution is -2.51. The molecule has 0 spiro atoms. The Hall–Kier alpha value is -3.76. The summed E-state index contributed by atoms with van der Waals surface area (Å²) in [6.07, 6.45) is 1.69. The third-order valence-corrected chi connectivity index (χ3v) is 8.72. The molecule has 220 valence electrons. The number of sulfonamides is 1. The molecule has 3 rings (SSSR count). The molecule has 0 aliphatic rings. The fourth-order valence-electron chi connectivity index (χ4n) is 4.15. The number of carbonyl (C=O) groups is 2. The van der Waals surface area contributed by atoms with E-state index in [-0.39, 0.29) is 28.8 Å². The number of carbonyl (C=O) groups excluding carboxylic acids is 2. The van der Waals surface area contributed by atoms with Crippen molar-refractivity contribution in [2.75, 3.05) is 31.6 Å². The van der Waals surface area contributed by atoms with Crippen molar-refractivity contribution >= 4 is 39.1 Å². The van der Waals surface area contributed by atoms with Gasteiger partial charge in [-0.05, 0) is 61.4 Å². The quantitative estimate of drug-likeness (QED) is 0.264. The van der Waals surface area contributed by atoms with Crippen molar-refractivity contribution in [1.29, 1.82) is 0 Å². The minimum absolute atomic E-state index is 0.00319. The van der Waals surface area contributed by atoms with E-state index in [0.29, 0.717) is 22.9 Å². The molecular formula is C30H36ClN3O6S. The van der Waals surface area contributed by atoms with Gasteiger partial charge in [0, 0.05) is 18.1 Å². The fourth-order valence-corrected chi connectivity index (χ4v) is 5.77. The van der Waals surface area contributed by atoms with Crippen LogP contribution in [0.3, 0.4) is 0 Å². The van der Waals surface area contributed by atoms with Gasteiger partial charge in [0.1, 0.15) is 24.1 Å². The standard InChI is InChI=1S/C30H36ClN3O6S/c1-5-6-19-32-30(36)22(2)33(20-23-11-7-8-12-26(23)31)29(35)21-34(27-13-9-10-14-28(27)40-4)41(37,38)25-17-15-24(39-3)16-18-25/h7-18,22H,5-6,19-21H2,1-4H3,(H,32,36)/t22-/m0/s1. The van der Waals surface area contributed by atoms with E-state index in [1.807, 2.05) is 6.92 Å². The average Bonchev–Trinajstić information content (AvgIpc) is 2.99. The topological polar surface area (TPSA) is 105 Å². The zero-order chi connectivity index (χ0) is 30.0. The number of hydrogen-bond acceptors (Lipinski definition) is 6. The Bertz CT molecular complexity index is 1430. The molecule has 0 aliphatic carbocycles. The normalized spacial score (nSPS) is 11.8. The molecule has 11 heteroatoms. The van der Waals surface area contributed by atoms with Gasteiger partial charge < -0.3 is 19.7 Å². The van der Waals surface area contributed by atoms with Gasteiger partial charge in [0.05, 0.1) is 24.8 Å². The Kier molecular flexibility index (Phi) is 11.4. The number of ether oxygens (including phenoxy) is 2. The van der Waals surface area contributed by atoms with Gasteiger partial charge in [-0.15, -0.1) is 0 Å². The third-order valence-electron chi connectivity index (χ3n) is 6.58. The number of hydrogen-bond donors (Lipinski definition) is 1. The summed E-state index contributed by atoms with van der Waals surface area (Å²) < 4.78 is 39.6. The molecule has 0 unspecified atom stereocenters. The SMILES string of the molecule is CCCCNC(=O)[C@H](C)N(Cc1ccccc1Cl)C(=O)CN(c1ccccc1OC)S(=O)(=O)c1ccc(OC)cc1. The Morgan fingerprint density at radius 3 is 2.24 bits per heavy atom. The van der Waals surface area contributed by atoms with Crippen LogP contribution < -0.4 is 19.1 Å². The summed E-state index contributed by atoms with van der Waals surface area (Å²) >= 11 is 6.41. The molecule has 41 heavy (non-hydrogen) atoms. The van der Waals surface area contributed by atoms with Crippen LogP contribution in [0.1, 0.15) is 32.3 Å². The summed E-state index contributed by atoms with van der Waals surface area (Å²) in [4.78, 5) is 28.4. The molecule has 0 bridgehead atoms. The first-order valence-electron chi connectivity index (χ1n) is 13.2. The minimum Gasteiger partial charge on any atom is -0.497 e. The van der Waals surface area contributed by atoms with Crippen molar-refractivity contribution in [3.05, 3.63) is 83.4 Å². The highest BCUT2D eigenvalue weighted by molar-refractivity contribution is 7.92. The Morgan fingerprint density at radius 2 is 1.61 bits per heavy atom. The Labute approximate surface area is 247 Å². The van der Waals surface area contributed by atoms with Crippen LogP contribution in [0.2, 0.25) is 5.02 Å². The van der Waals surface area contributed by atoms with E-state index in [9.17, 15) is 18.0 Å². The molecular weight excluding hydrogens is 566 g/mol. The van der Waals surface area contributed by atoms with Gasteiger partial charge in [0.2, 0.25) is 11.8 Å². The second-order valence-corrected chi connectivity index (χ2v) is 11.6. The second kappa shape index (κ2) is 14.7. The molecule has 0 aliphatic heterocycles. The number of anilines is 1.